The second-order valence-electron chi connectivity index (χ2n) is 3.92. The number of para-hydroxylation sites is 1. The number of benzene rings is 1. The third kappa shape index (κ3) is 3.77. The quantitative estimate of drug-likeness (QED) is 0.823. The summed E-state index contributed by atoms with van der Waals surface area (Å²) in [5.74, 6) is 0.598. The highest BCUT2D eigenvalue weighted by Crippen LogP contribution is 2.18. The van der Waals surface area contributed by atoms with Crippen molar-refractivity contribution < 1.29 is 9.53 Å². The molecule has 3 nitrogen and oxygen atoms in total. The van der Waals surface area contributed by atoms with Crippen LogP contribution in [0.5, 0.6) is 5.75 Å². The molecule has 0 aliphatic heterocycles. The Morgan fingerprint density at radius 3 is 2.47 bits per heavy atom. The minimum atomic E-state index is -0.0530. The van der Waals surface area contributed by atoms with E-state index in [9.17, 15) is 4.79 Å². The van der Waals surface area contributed by atoms with Gasteiger partial charge in [-0.05, 0) is 31.9 Å². The lowest BCUT2D eigenvalue weighted by molar-refractivity contribution is 0.0931. The maximum atomic E-state index is 12.1. The highest BCUT2D eigenvalue weighted by Gasteiger charge is 2.14. The van der Waals surface area contributed by atoms with Gasteiger partial charge in [0.1, 0.15) is 5.75 Å². The van der Waals surface area contributed by atoms with Gasteiger partial charge in [0.2, 0.25) is 0 Å². The summed E-state index contributed by atoms with van der Waals surface area (Å²) in [6.07, 6.45) is 1.89. The monoisotopic (exact) mass is 235 g/mol. The Kier molecular flexibility index (Phi) is 5.53. The van der Waals surface area contributed by atoms with Crippen LogP contribution in [0.15, 0.2) is 24.3 Å². The van der Waals surface area contributed by atoms with E-state index in [1.54, 1.807) is 6.07 Å². The molecule has 17 heavy (non-hydrogen) atoms. The van der Waals surface area contributed by atoms with E-state index in [2.05, 4.69) is 19.2 Å². The van der Waals surface area contributed by atoms with E-state index in [1.165, 1.54) is 0 Å². The van der Waals surface area contributed by atoms with E-state index in [0.717, 1.165) is 12.8 Å². The maximum Gasteiger partial charge on any atom is 0.255 e. The lowest BCUT2D eigenvalue weighted by Gasteiger charge is -2.16. The standard InChI is InChI=1S/C14H21NO2/c1-4-11(5-2)15-14(16)12-9-7-8-10-13(12)17-6-3/h7-11H,4-6H2,1-3H3,(H,15,16). The third-order valence-electron chi connectivity index (χ3n) is 2.75. The molecule has 0 aliphatic carbocycles. The fraction of sp³-hybridized carbons (Fsp3) is 0.500. The molecule has 1 amide bonds. The Morgan fingerprint density at radius 1 is 1.24 bits per heavy atom. The van der Waals surface area contributed by atoms with E-state index >= 15 is 0 Å². The lowest BCUT2D eigenvalue weighted by atomic mass is 10.1. The van der Waals surface area contributed by atoms with Gasteiger partial charge in [0.15, 0.2) is 0 Å². The molecule has 94 valence electrons. The van der Waals surface area contributed by atoms with Gasteiger partial charge in [-0.3, -0.25) is 4.79 Å². The van der Waals surface area contributed by atoms with Crippen molar-refractivity contribution in [2.75, 3.05) is 6.61 Å². The first-order valence-electron chi connectivity index (χ1n) is 6.25. The van der Waals surface area contributed by atoms with Gasteiger partial charge in [-0.15, -0.1) is 0 Å². The summed E-state index contributed by atoms with van der Waals surface area (Å²) in [4.78, 5) is 12.1. The summed E-state index contributed by atoms with van der Waals surface area (Å²) in [6.45, 7) is 6.62. The van der Waals surface area contributed by atoms with Crippen LogP contribution in [0.25, 0.3) is 0 Å². The maximum absolute atomic E-state index is 12.1. The van der Waals surface area contributed by atoms with Gasteiger partial charge in [-0.25, -0.2) is 0 Å². The van der Waals surface area contributed by atoms with Crippen molar-refractivity contribution in [1.82, 2.24) is 5.32 Å². The zero-order valence-corrected chi connectivity index (χ0v) is 10.8. The first-order chi connectivity index (χ1) is 8.22. The molecule has 1 N–H and O–H groups in total. The minimum Gasteiger partial charge on any atom is -0.493 e. The predicted octanol–water partition coefficient (Wildman–Crippen LogP) is 3.00. The molecule has 0 radical (unpaired) electrons. The lowest BCUT2D eigenvalue weighted by Crippen LogP contribution is -2.34. The Labute approximate surface area is 103 Å². The van der Waals surface area contributed by atoms with Crippen LogP contribution in [-0.4, -0.2) is 18.6 Å². The van der Waals surface area contributed by atoms with Crippen molar-refractivity contribution in [2.45, 2.75) is 39.7 Å². The molecule has 0 atom stereocenters. The molecule has 0 heterocycles. The van der Waals surface area contributed by atoms with Crippen LogP contribution in [0, 0.1) is 0 Å². The molecule has 1 aromatic carbocycles. The highest BCUT2D eigenvalue weighted by atomic mass is 16.5. The smallest absolute Gasteiger partial charge is 0.255 e. The molecule has 0 spiro atoms. The van der Waals surface area contributed by atoms with E-state index in [0.29, 0.717) is 17.9 Å². The summed E-state index contributed by atoms with van der Waals surface area (Å²) in [5, 5.41) is 3.01. The number of carbonyl (C=O) groups excluding carboxylic acids is 1. The Balaban J connectivity index is 2.80. The van der Waals surface area contributed by atoms with Crippen LogP contribution in [-0.2, 0) is 0 Å². The molecule has 0 saturated carbocycles. The molecule has 0 fully saturated rings. The van der Waals surface area contributed by atoms with E-state index in [4.69, 9.17) is 4.74 Å². The van der Waals surface area contributed by atoms with E-state index in [1.807, 2.05) is 25.1 Å². The number of ether oxygens (including phenoxy) is 1. The zero-order valence-electron chi connectivity index (χ0n) is 10.8. The number of nitrogens with one attached hydrogen (secondary N) is 1. The molecule has 3 heteroatoms. The van der Waals surface area contributed by atoms with Crippen molar-refractivity contribution in [1.29, 1.82) is 0 Å². The predicted molar refractivity (Wildman–Crippen MR) is 69.4 cm³/mol. The first kappa shape index (κ1) is 13.6. The van der Waals surface area contributed by atoms with Crippen LogP contribution in [0.2, 0.25) is 0 Å². The molecule has 0 saturated heterocycles. The van der Waals surface area contributed by atoms with Gasteiger partial charge in [-0.1, -0.05) is 26.0 Å². The highest BCUT2D eigenvalue weighted by molar-refractivity contribution is 5.97. The second-order valence-corrected chi connectivity index (χ2v) is 3.92. The molecule has 0 aliphatic rings. The fourth-order valence-electron chi connectivity index (χ4n) is 1.69. The number of amides is 1. The Hall–Kier alpha value is -1.51. The van der Waals surface area contributed by atoms with Gasteiger partial charge in [0.25, 0.3) is 5.91 Å². The summed E-state index contributed by atoms with van der Waals surface area (Å²) in [5.41, 5.74) is 0.612. The molecule has 1 rings (SSSR count). The Morgan fingerprint density at radius 2 is 1.88 bits per heavy atom. The van der Waals surface area contributed by atoms with Crippen molar-refractivity contribution in [2.24, 2.45) is 0 Å². The topological polar surface area (TPSA) is 38.3 Å². The van der Waals surface area contributed by atoms with Gasteiger partial charge < -0.3 is 10.1 Å². The van der Waals surface area contributed by atoms with E-state index < -0.39 is 0 Å². The summed E-state index contributed by atoms with van der Waals surface area (Å²) >= 11 is 0. The average molecular weight is 235 g/mol. The van der Waals surface area contributed by atoms with Crippen LogP contribution < -0.4 is 10.1 Å². The van der Waals surface area contributed by atoms with Gasteiger partial charge in [-0.2, -0.15) is 0 Å². The molecule has 0 unspecified atom stereocenters. The minimum absolute atomic E-state index is 0.0530. The summed E-state index contributed by atoms with van der Waals surface area (Å²) in [6, 6.07) is 7.58. The van der Waals surface area contributed by atoms with Gasteiger partial charge >= 0.3 is 0 Å². The van der Waals surface area contributed by atoms with Crippen LogP contribution in [0.4, 0.5) is 0 Å². The zero-order chi connectivity index (χ0) is 12.7. The first-order valence-corrected chi connectivity index (χ1v) is 6.25. The molecule has 0 aromatic heterocycles. The summed E-state index contributed by atoms with van der Waals surface area (Å²) in [7, 11) is 0. The second kappa shape index (κ2) is 6.94. The third-order valence-corrected chi connectivity index (χ3v) is 2.75. The number of hydrogen-bond acceptors (Lipinski definition) is 2. The summed E-state index contributed by atoms with van der Waals surface area (Å²) < 4.78 is 5.45. The number of hydrogen-bond donors (Lipinski definition) is 1. The van der Waals surface area contributed by atoms with Crippen molar-refractivity contribution >= 4 is 5.91 Å². The number of rotatable bonds is 6. The SMILES string of the molecule is CCOc1ccccc1C(=O)NC(CC)CC. The normalized spacial score (nSPS) is 10.4. The largest absolute Gasteiger partial charge is 0.493 e. The van der Waals surface area contributed by atoms with Crippen molar-refractivity contribution in [3.63, 3.8) is 0 Å². The fourth-order valence-corrected chi connectivity index (χ4v) is 1.69. The molecule has 0 bridgehead atoms. The van der Waals surface area contributed by atoms with Gasteiger partial charge in [0, 0.05) is 6.04 Å². The van der Waals surface area contributed by atoms with Gasteiger partial charge in [0.05, 0.1) is 12.2 Å². The van der Waals surface area contributed by atoms with Crippen LogP contribution in [0.1, 0.15) is 44.0 Å². The molecular formula is C14H21NO2. The Bertz CT molecular complexity index is 359. The van der Waals surface area contributed by atoms with Crippen molar-refractivity contribution in [3.8, 4) is 5.75 Å². The molecule has 1 aromatic rings. The molecular weight excluding hydrogens is 214 g/mol. The van der Waals surface area contributed by atoms with Crippen molar-refractivity contribution in [3.05, 3.63) is 29.8 Å². The van der Waals surface area contributed by atoms with E-state index in [-0.39, 0.29) is 11.9 Å². The number of carbonyl (C=O) groups is 1. The van der Waals surface area contributed by atoms with Crippen LogP contribution >= 0.6 is 0 Å². The average Bonchev–Trinajstić information content (AvgIpc) is 2.36. The van der Waals surface area contributed by atoms with Crippen LogP contribution in [0.3, 0.4) is 0 Å².